The summed E-state index contributed by atoms with van der Waals surface area (Å²) in [4.78, 5) is 11.4. The third kappa shape index (κ3) is 8.18. The van der Waals surface area contributed by atoms with Crippen LogP contribution in [0.15, 0.2) is 6.20 Å². The SMILES string of the molecule is CCC(=O)c1cn(CCOCCOCCOCCOC)nn1. The van der Waals surface area contributed by atoms with Crippen LogP contribution in [0.3, 0.4) is 0 Å². The molecule has 0 aliphatic carbocycles. The second-order valence-corrected chi connectivity index (χ2v) is 4.47. The van der Waals surface area contributed by atoms with Crippen molar-refractivity contribution in [2.75, 3.05) is 53.4 Å². The van der Waals surface area contributed by atoms with Crippen molar-refractivity contribution in [2.45, 2.75) is 19.9 Å². The van der Waals surface area contributed by atoms with E-state index in [1.54, 1.807) is 24.9 Å². The molecule has 1 rings (SSSR count). The third-order valence-electron chi connectivity index (χ3n) is 2.79. The monoisotopic (exact) mass is 315 g/mol. The minimum Gasteiger partial charge on any atom is -0.382 e. The summed E-state index contributed by atoms with van der Waals surface area (Å²) in [5.41, 5.74) is 0.402. The summed E-state index contributed by atoms with van der Waals surface area (Å²) in [7, 11) is 1.64. The molecule has 0 amide bonds. The van der Waals surface area contributed by atoms with Crippen molar-refractivity contribution in [3.63, 3.8) is 0 Å². The summed E-state index contributed by atoms with van der Waals surface area (Å²) >= 11 is 0. The number of rotatable bonds is 14. The van der Waals surface area contributed by atoms with Crippen LogP contribution in [0.25, 0.3) is 0 Å². The predicted molar refractivity (Wildman–Crippen MR) is 79.0 cm³/mol. The molecule has 0 aliphatic heterocycles. The second-order valence-electron chi connectivity index (χ2n) is 4.47. The van der Waals surface area contributed by atoms with E-state index < -0.39 is 0 Å². The molecule has 0 atom stereocenters. The van der Waals surface area contributed by atoms with E-state index >= 15 is 0 Å². The standard InChI is InChI=1S/C14H25N3O5/c1-3-14(18)13-12-17(16-15-13)4-5-20-8-9-22-11-10-21-7-6-19-2/h12H,3-11H2,1-2H3. The number of ketones is 1. The minimum absolute atomic E-state index is 0.00622. The first kappa shape index (κ1) is 18.7. The predicted octanol–water partition coefficient (Wildman–Crippen LogP) is 0.567. The van der Waals surface area contributed by atoms with Gasteiger partial charge in [0.25, 0.3) is 0 Å². The fourth-order valence-corrected chi connectivity index (χ4v) is 1.56. The van der Waals surface area contributed by atoms with Crippen LogP contribution >= 0.6 is 0 Å². The summed E-state index contributed by atoms with van der Waals surface area (Å²) in [5.74, 6) is -0.00622. The number of carbonyl (C=O) groups is 1. The maximum absolute atomic E-state index is 11.4. The normalized spacial score (nSPS) is 11.0. The fraction of sp³-hybridized carbons (Fsp3) is 0.786. The van der Waals surface area contributed by atoms with Crippen LogP contribution < -0.4 is 0 Å². The van der Waals surface area contributed by atoms with Gasteiger partial charge in [0.05, 0.1) is 59.0 Å². The van der Waals surface area contributed by atoms with E-state index in [0.717, 1.165) is 0 Å². The number of Topliss-reactive ketones (excluding diaryl/α,β-unsaturated/α-hetero) is 1. The number of carbonyl (C=O) groups excluding carboxylic acids is 1. The zero-order chi connectivity index (χ0) is 16.0. The molecule has 0 aromatic carbocycles. The molecule has 8 heteroatoms. The summed E-state index contributed by atoms with van der Waals surface area (Å²) in [6.45, 7) is 6.15. The highest BCUT2D eigenvalue weighted by molar-refractivity contribution is 5.93. The van der Waals surface area contributed by atoms with Crippen molar-refractivity contribution in [1.82, 2.24) is 15.0 Å². The van der Waals surface area contributed by atoms with E-state index in [2.05, 4.69) is 10.3 Å². The minimum atomic E-state index is -0.00622. The second kappa shape index (κ2) is 12.2. The molecule has 0 spiro atoms. The Labute approximate surface area is 130 Å². The molecule has 1 aromatic rings. The summed E-state index contributed by atoms with van der Waals surface area (Å²) < 4.78 is 22.5. The Morgan fingerprint density at radius 1 is 1.05 bits per heavy atom. The molecular formula is C14H25N3O5. The van der Waals surface area contributed by atoms with Gasteiger partial charge >= 0.3 is 0 Å². The number of hydrogen-bond acceptors (Lipinski definition) is 7. The Morgan fingerprint density at radius 3 is 2.23 bits per heavy atom. The van der Waals surface area contributed by atoms with E-state index in [1.165, 1.54) is 0 Å². The van der Waals surface area contributed by atoms with Gasteiger partial charge in [0.15, 0.2) is 5.78 Å². The fourth-order valence-electron chi connectivity index (χ4n) is 1.56. The lowest BCUT2D eigenvalue weighted by Crippen LogP contribution is -2.13. The summed E-state index contributed by atoms with van der Waals surface area (Å²) in [5, 5.41) is 7.69. The zero-order valence-corrected chi connectivity index (χ0v) is 13.3. The first-order valence-corrected chi connectivity index (χ1v) is 7.43. The zero-order valence-electron chi connectivity index (χ0n) is 13.3. The van der Waals surface area contributed by atoms with Crippen molar-refractivity contribution in [1.29, 1.82) is 0 Å². The lowest BCUT2D eigenvalue weighted by molar-refractivity contribution is 0.00244. The van der Waals surface area contributed by atoms with Crippen LogP contribution in [-0.4, -0.2) is 74.1 Å². The van der Waals surface area contributed by atoms with Crippen molar-refractivity contribution in [3.8, 4) is 0 Å². The molecule has 0 fully saturated rings. The molecule has 0 N–H and O–H groups in total. The number of ether oxygens (including phenoxy) is 4. The maximum Gasteiger partial charge on any atom is 0.184 e. The molecule has 8 nitrogen and oxygen atoms in total. The molecule has 126 valence electrons. The largest absolute Gasteiger partial charge is 0.382 e. The molecule has 1 aromatic heterocycles. The van der Waals surface area contributed by atoms with Gasteiger partial charge in [0.2, 0.25) is 0 Å². The van der Waals surface area contributed by atoms with E-state index in [-0.39, 0.29) is 5.78 Å². The number of aromatic nitrogens is 3. The topological polar surface area (TPSA) is 84.7 Å². The van der Waals surface area contributed by atoms with Crippen LogP contribution in [0.4, 0.5) is 0 Å². The highest BCUT2D eigenvalue weighted by Gasteiger charge is 2.07. The van der Waals surface area contributed by atoms with Crippen LogP contribution in [0.1, 0.15) is 23.8 Å². The van der Waals surface area contributed by atoms with E-state index in [1.807, 2.05) is 0 Å². The van der Waals surface area contributed by atoms with Crippen molar-refractivity contribution < 1.29 is 23.7 Å². The van der Waals surface area contributed by atoms with Crippen LogP contribution in [0.2, 0.25) is 0 Å². The molecule has 0 radical (unpaired) electrons. The van der Waals surface area contributed by atoms with Crippen LogP contribution in [-0.2, 0) is 25.5 Å². The summed E-state index contributed by atoms with van der Waals surface area (Å²) in [6.07, 6.45) is 2.07. The lowest BCUT2D eigenvalue weighted by atomic mass is 10.2. The van der Waals surface area contributed by atoms with E-state index in [4.69, 9.17) is 18.9 Å². The summed E-state index contributed by atoms with van der Waals surface area (Å²) in [6, 6.07) is 0. The van der Waals surface area contributed by atoms with Gasteiger partial charge in [0.1, 0.15) is 5.69 Å². The van der Waals surface area contributed by atoms with Gasteiger partial charge in [-0.1, -0.05) is 12.1 Å². The van der Waals surface area contributed by atoms with Gasteiger partial charge in [-0.3, -0.25) is 4.79 Å². The molecule has 0 saturated carbocycles. The molecule has 0 saturated heterocycles. The van der Waals surface area contributed by atoms with Gasteiger partial charge in [0, 0.05) is 13.5 Å². The molecule has 0 aliphatic rings. The Kier molecular flexibility index (Phi) is 10.4. The molecule has 1 heterocycles. The van der Waals surface area contributed by atoms with Gasteiger partial charge in [-0.25, -0.2) is 4.68 Å². The van der Waals surface area contributed by atoms with E-state index in [9.17, 15) is 4.79 Å². The van der Waals surface area contributed by atoms with Crippen molar-refractivity contribution in [3.05, 3.63) is 11.9 Å². The Bertz CT molecular complexity index is 411. The first-order valence-electron chi connectivity index (χ1n) is 7.43. The molecule has 0 unspecified atom stereocenters. The Hall–Kier alpha value is -1.35. The Morgan fingerprint density at radius 2 is 1.64 bits per heavy atom. The third-order valence-corrected chi connectivity index (χ3v) is 2.79. The molecule has 0 bridgehead atoms. The number of hydrogen-bond donors (Lipinski definition) is 0. The van der Waals surface area contributed by atoms with Gasteiger partial charge < -0.3 is 18.9 Å². The first-order chi connectivity index (χ1) is 10.8. The smallest absolute Gasteiger partial charge is 0.184 e. The Balaban J connectivity index is 1.93. The number of nitrogens with zero attached hydrogens (tertiary/aromatic N) is 3. The van der Waals surface area contributed by atoms with Crippen LogP contribution in [0.5, 0.6) is 0 Å². The highest BCUT2D eigenvalue weighted by atomic mass is 16.6. The van der Waals surface area contributed by atoms with Gasteiger partial charge in [-0.2, -0.15) is 0 Å². The molecule has 22 heavy (non-hydrogen) atoms. The molecular weight excluding hydrogens is 290 g/mol. The highest BCUT2D eigenvalue weighted by Crippen LogP contribution is 1.98. The van der Waals surface area contributed by atoms with E-state index in [0.29, 0.717) is 64.9 Å². The van der Waals surface area contributed by atoms with Gasteiger partial charge in [-0.05, 0) is 0 Å². The average Bonchev–Trinajstić information content (AvgIpc) is 3.00. The van der Waals surface area contributed by atoms with Crippen molar-refractivity contribution in [2.24, 2.45) is 0 Å². The number of methoxy groups -OCH3 is 1. The maximum atomic E-state index is 11.4. The quantitative estimate of drug-likeness (QED) is 0.366. The van der Waals surface area contributed by atoms with Crippen molar-refractivity contribution >= 4 is 5.78 Å². The lowest BCUT2D eigenvalue weighted by Gasteiger charge is -2.06. The van der Waals surface area contributed by atoms with Crippen LogP contribution in [0, 0.1) is 0 Å². The van der Waals surface area contributed by atoms with Gasteiger partial charge in [-0.15, -0.1) is 5.10 Å². The average molecular weight is 315 g/mol.